The van der Waals surface area contributed by atoms with Gasteiger partial charge >= 0.3 is 0 Å². The zero-order valence-electron chi connectivity index (χ0n) is 15.1. The van der Waals surface area contributed by atoms with E-state index in [9.17, 15) is 8.42 Å². The second-order valence-corrected chi connectivity index (χ2v) is 8.78. The fourth-order valence-corrected chi connectivity index (χ4v) is 3.98. The molecule has 142 valence electrons. The van der Waals surface area contributed by atoms with Gasteiger partial charge in [0, 0.05) is 22.8 Å². The average molecular weight is 412 g/mol. The van der Waals surface area contributed by atoms with Crippen molar-refractivity contribution < 1.29 is 8.42 Å². The van der Waals surface area contributed by atoms with Crippen LogP contribution in [-0.2, 0) is 16.6 Å². The Bertz CT molecular complexity index is 1270. The third kappa shape index (κ3) is 4.03. The molecule has 4 rings (SSSR count). The number of aromatic nitrogens is 2. The summed E-state index contributed by atoms with van der Waals surface area (Å²) in [6.45, 7) is 0.597. The fourth-order valence-electron chi connectivity index (χ4n) is 3.21. The fraction of sp³-hybridized carbons (Fsp3) is 0.0952. The number of rotatable bonds is 5. The topological polar surface area (TPSA) is 64.0 Å². The first-order valence-electron chi connectivity index (χ1n) is 8.67. The van der Waals surface area contributed by atoms with Crippen LogP contribution in [0, 0.1) is 0 Å². The number of benzene rings is 3. The SMILES string of the molecule is CS(=O)(=O)Nc1cccc(-c2nc3ccccc3n2Cc2cccc(Cl)c2)c1. The molecule has 0 radical (unpaired) electrons. The highest BCUT2D eigenvalue weighted by Gasteiger charge is 2.14. The molecule has 0 aliphatic heterocycles. The van der Waals surface area contributed by atoms with Gasteiger partial charge < -0.3 is 4.57 Å². The van der Waals surface area contributed by atoms with E-state index in [-0.39, 0.29) is 0 Å². The van der Waals surface area contributed by atoms with Gasteiger partial charge in [0.1, 0.15) is 5.82 Å². The maximum Gasteiger partial charge on any atom is 0.229 e. The molecule has 4 aromatic rings. The predicted molar refractivity (Wildman–Crippen MR) is 114 cm³/mol. The Morgan fingerprint density at radius 1 is 1.00 bits per heavy atom. The Hall–Kier alpha value is -2.83. The zero-order chi connectivity index (χ0) is 19.7. The Morgan fingerprint density at radius 2 is 1.79 bits per heavy atom. The van der Waals surface area contributed by atoms with Crippen molar-refractivity contribution in [1.29, 1.82) is 0 Å². The Balaban J connectivity index is 1.84. The number of anilines is 1. The number of halogens is 1. The van der Waals surface area contributed by atoms with Crippen LogP contribution in [0.4, 0.5) is 5.69 Å². The minimum absolute atomic E-state index is 0.501. The van der Waals surface area contributed by atoms with Crippen LogP contribution in [-0.4, -0.2) is 24.2 Å². The lowest BCUT2D eigenvalue weighted by Gasteiger charge is -2.11. The smallest absolute Gasteiger partial charge is 0.229 e. The van der Waals surface area contributed by atoms with Crippen LogP contribution in [0.25, 0.3) is 22.4 Å². The third-order valence-electron chi connectivity index (χ3n) is 4.31. The molecule has 3 aromatic carbocycles. The molecular weight excluding hydrogens is 394 g/mol. The summed E-state index contributed by atoms with van der Waals surface area (Å²) in [7, 11) is -3.36. The van der Waals surface area contributed by atoms with Crippen molar-refractivity contribution in [3.63, 3.8) is 0 Å². The molecule has 1 aromatic heterocycles. The van der Waals surface area contributed by atoms with E-state index in [1.54, 1.807) is 12.1 Å². The number of nitrogens with one attached hydrogen (secondary N) is 1. The van der Waals surface area contributed by atoms with Crippen LogP contribution in [0.3, 0.4) is 0 Å². The molecule has 0 aliphatic rings. The highest BCUT2D eigenvalue weighted by molar-refractivity contribution is 7.92. The Kier molecular flexibility index (Phi) is 4.83. The second-order valence-electron chi connectivity index (χ2n) is 6.60. The summed E-state index contributed by atoms with van der Waals surface area (Å²) in [5.74, 6) is 0.762. The van der Waals surface area contributed by atoms with E-state index in [1.807, 2.05) is 60.7 Å². The number of para-hydroxylation sites is 2. The van der Waals surface area contributed by atoms with Gasteiger partial charge in [0.2, 0.25) is 10.0 Å². The zero-order valence-corrected chi connectivity index (χ0v) is 16.7. The standard InChI is InChI=1S/C21H18ClN3O2S/c1-28(26,27)24-18-9-5-7-16(13-18)21-23-19-10-2-3-11-20(19)25(21)14-15-6-4-8-17(22)12-15/h2-13,24H,14H2,1H3. The summed E-state index contributed by atoms with van der Waals surface area (Å²) in [5.41, 5.74) is 4.26. The molecular formula is C21H18ClN3O2S. The molecule has 0 aliphatic carbocycles. The minimum Gasteiger partial charge on any atom is -0.319 e. The number of hydrogen-bond acceptors (Lipinski definition) is 3. The lowest BCUT2D eigenvalue weighted by molar-refractivity contribution is 0.607. The van der Waals surface area contributed by atoms with Crippen molar-refractivity contribution in [2.75, 3.05) is 11.0 Å². The summed E-state index contributed by atoms with van der Waals surface area (Å²) in [4.78, 5) is 4.79. The molecule has 0 amide bonds. The largest absolute Gasteiger partial charge is 0.319 e. The molecule has 1 N–H and O–H groups in total. The normalized spacial score (nSPS) is 11.6. The first-order chi connectivity index (χ1) is 13.4. The van der Waals surface area contributed by atoms with Crippen LogP contribution in [0.15, 0.2) is 72.8 Å². The van der Waals surface area contributed by atoms with Crippen molar-refractivity contribution in [3.05, 3.63) is 83.4 Å². The van der Waals surface area contributed by atoms with Gasteiger partial charge in [-0.05, 0) is 42.0 Å². The molecule has 0 saturated heterocycles. The molecule has 0 bridgehead atoms. The van der Waals surface area contributed by atoms with Gasteiger partial charge in [-0.3, -0.25) is 4.72 Å². The highest BCUT2D eigenvalue weighted by Crippen LogP contribution is 2.28. The molecule has 7 heteroatoms. The van der Waals surface area contributed by atoms with Crippen molar-refractivity contribution in [2.45, 2.75) is 6.54 Å². The van der Waals surface area contributed by atoms with E-state index in [1.165, 1.54) is 0 Å². The molecule has 0 saturated carbocycles. The van der Waals surface area contributed by atoms with E-state index >= 15 is 0 Å². The molecule has 1 heterocycles. The van der Waals surface area contributed by atoms with Crippen LogP contribution in [0.1, 0.15) is 5.56 Å². The first-order valence-corrected chi connectivity index (χ1v) is 10.9. The van der Waals surface area contributed by atoms with Crippen molar-refractivity contribution in [1.82, 2.24) is 9.55 Å². The maximum atomic E-state index is 11.6. The van der Waals surface area contributed by atoms with Crippen molar-refractivity contribution in [2.24, 2.45) is 0 Å². The van der Waals surface area contributed by atoms with E-state index in [4.69, 9.17) is 16.6 Å². The number of imidazole rings is 1. The van der Waals surface area contributed by atoms with Gasteiger partial charge in [0.05, 0.1) is 17.3 Å². The van der Waals surface area contributed by atoms with Crippen LogP contribution < -0.4 is 4.72 Å². The monoisotopic (exact) mass is 411 g/mol. The Morgan fingerprint density at radius 3 is 2.57 bits per heavy atom. The molecule has 5 nitrogen and oxygen atoms in total. The summed E-state index contributed by atoms with van der Waals surface area (Å²) in [6.07, 6.45) is 1.13. The van der Waals surface area contributed by atoms with E-state index in [0.717, 1.165) is 34.2 Å². The van der Waals surface area contributed by atoms with Crippen molar-refractivity contribution in [3.8, 4) is 11.4 Å². The van der Waals surface area contributed by atoms with Gasteiger partial charge in [-0.25, -0.2) is 13.4 Å². The molecule has 28 heavy (non-hydrogen) atoms. The van der Waals surface area contributed by atoms with Gasteiger partial charge in [-0.2, -0.15) is 0 Å². The van der Waals surface area contributed by atoms with E-state index in [2.05, 4.69) is 9.29 Å². The molecule has 0 atom stereocenters. The number of sulfonamides is 1. The van der Waals surface area contributed by atoms with Crippen molar-refractivity contribution >= 4 is 38.3 Å². The van der Waals surface area contributed by atoms with Gasteiger partial charge in [-0.15, -0.1) is 0 Å². The minimum atomic E-state index is -3.36. The summed E-state index contributed by atoms with van der Waals surface area (Å²) in [5, 5.41) is 0.683. The number of fused-ring (bicyclic) bond motifs is 1. The molecule has 0 spiro atoms. The Labute approximate surface area is 168 Å². The summed E-state index contributed by atoms with van der Waals surface area (Å²) >= 11 is 6.15. The summed E-state index contributed by atoms with van der Waals surface area (Å²) in [6, 6.07) is 22.9. The maximum absolute atomic E-state index is 11.6. The van der Waals surface area contributed by atoms with Crippen LogP contribution in [0.5, 0.6) is 0 Å². The third-order valence-corrected chi connectivity index (χ3v) is 5.15. The van der Waals surface area contributed by atoms with Crippen LogP contribution in [0.2, 0.25) is 5.02 Å². The summed E-state index contributed by atoms with van der Waals surface area (Å²) < 4.78 is 27.8. The van der Waals surface area contributed by atoms with Gasteiger partial charge in [0.25, 0.3) is 0 Å². The lowest BCUT2D eigenvalue weighted by atomic mass is 10.1. The predicted octanol–water partition coefficient (Wildman–Crippen LogP) is 4.78. The number of nitrogens with zero attached hydrogens (tertiary/aromatic N) is 2. The van der Waals surface area contributed by atoms with Gasteiger partial charge in [-0.1, -0.05) is 48.0 Å². The molecule has 0 fully saturated rings. The van der Waals surface area contributed by atoms with E-state index < -0.39 is 10.0 Å². The lowest BCUT2D eigenvalue weighted by Crippen LogP contribution is -2.09. The first kappa shape index (κ1) is 18.5. The van der Waals surface area contributed by atoms with Gasteiger partial charge in [0.15, 0.2) is 0 Å². The highest BCUT2D eigenvalue weighted by atomic mass is 35.5. The average Bonchev–Trinajstić information content (AvgIpc) is 2.99. The van der Waals surface area contributed by atoms with E-state index in [0.29, 0.717) is 17.3 Å². The quantitative estimate of drug-likeness (QED) is 0.514. The molecule has 0 unspecified atom stereocenters. The number of hydrogen-bond donors (Lipinski definition) is 1. The second kappa shape index (κ2) is 7.30. The van der Waals surface area contributed by atoms with Crippen LogP contribution >= 0.6 is 11.6 Å².